The van der Waals surface area contributed by atoms with Crippen LogP contribution >= 0.6 is 0 Å². The van der Waals surface area contributed by atoms with Crippen LogP contribution in [0.1, 0.15) is 29.8 Å². The van der Waals surface area contributed by atoms with Gasteiger partial charge in [0, 0.05) is 48.7 Å². The fourth-order valence-corrected chi connectivity index (χ4v) is 5.36. The Kier molecular flexibility index (Phi) is 4.82. The third kappa shape index (κ3) is 3.24. The van der Waals surface area contributed by atoms with Gasteiger partial charge < -0.3 is 9.80 Å². The van der Waals surface area contributed by atoms with Gasteiger partial charge in [-0.3, -0.25) is 0 Å². The van der Waals surface area contributed by atoms with E-state index in [4.69, 9.17) is 10.1 Å². The highest BCUT2D eigenvalue weighted by molar-refractivity contribution is 5.81. The SMILES string of the molecule is Cc1nn2c(N3CCN(c4ccccc4)CC3)c3c(nc2c1-c1ccccc1)CCCC3. The number of hydrogen-bond donors (Lipinski definition) is 0. The van der Waals surface area contributed by atoms with E-state index in [2.05, 4.69) is 81.9 Å². The third-order valence-corrected chi connectivity index (χ3v) is 6.95. The third-order valence-electron chi connectivity index (χ3n) is 6.95. The number of para-hydroxylation sites is 1. The smallest absolute Gasteiger partial charge is 0.165 e. The Labute approximate surface area is 189 Å². The van der Waals surface area contributed by atoms with E-state index < -0.39 is 0 Å². The van der Waals surface area contributed by atoms with Gasteiger partial charge in [-0.25, -0.2) is 4.98 Å². The van der Waals surface area contributed by atoms with E-state index in [0.29, 0.717) is 0 Å². The second-order valence-corrected chi connectivity index (χ2v) is 8.94. The van der Waals surface area contributed by atoms with Crippen LogP contribution in [0.4, 0.5) is 11.5 Å². The number of rotatable bonds is 3. The quantitative estimate of drug-likeness (QED) is 0.469. The number of hydrogen-bond acceptors (Lipinski definition) is 4. The Balaban J connectivity index is 1.44. The second kappa shape index (κ2) is 7.97. The zero-order chi connectivity index (χ0) is 21.5. The Bertz CT molecular complexity index is 1240. The van der Waals surface area contributed by atoms with Gasteiger partial charge >= 0.3 is 0 Å². The van der Waals surface area contributed by atoms with Crippen LogP contribution in [-0.4, -0.2) is 40.8 Å². The Hall–Kier alpha value is -3.34. The van der Waals surface area contributed by atoms with E-state index in [1.807, 2.05) is 0 Å². The molecule has 5 heteroatoms. The van der Waals surface area contributed by atoms with Crippen molar-refractivity contribution in [1.82, 2.24) is 14.6 Å². The van der Waals surface area contributed by atoms with Gasteiger partial charge in [0.1, 0.15) is 5.82 Å². The number of aromatic nitrogens is 3. The predicted octanol–water partition coefficient (Wildman–Crippen LogP) is 4.91. The standard InChI is InChI=1S/C27H29N5/c1-20-25(21-10-4-2-5-11-21)26-28-24-15-9-8-14-23(24)27(32(26)29-20)31-18-16-30(17-19-31)22-12-6-3-7-13-22/h2-7,10-13H,8-9,14-19H2,1H3. The fourth-order valence-electron chi connectivity index (χ4n) is 5.36. The molecule has 2 aromatic carbocycles. The summed E-state index contributed by atoms with van der Waals surface area (Å²) in [5.41, 5.74) is 8.44. The van der Waals surface area contributed by atoms with Crippen LogP contribution in [0.25, 0.3) is 16.8 Å². The lowest BCUT2D eigenvalue weighted by atomic mass is 9.95. The van der Waals surface area contributed by atoms with Gasteiger partial charge in [-0.2, -0.15) is 9.61 Å². The van der Waals surface area contributed by atoms with Crippen molar-refractivity contribution in [2.75, 3.05) is 36.0 Å². The first-order valence-electron chi connectivity index (χ1n) is 11.8. The summed E-state index contributed by atoms with van der Waals surface area (Å²) in [5, 5.41) is 5.05. The molecule has 2 aliphatic rings. The minimum absolute atomic E-state index is 1.00. The van der Waals surface area contributed by atoms with Crippen molar-refractivity contribution >= 4 is 17.2 Å². The lowest BCUT2D eigenvalue weighted by Gasteiger charge is -2.38. The van der Waals surface area contributed by atoms with Crippen LogP contribution in [0.5, 0.6) is 0 Å². The number of anilines is 2. The molecule has 4 aromatic rings. The molecule has 6 rings (SSSR count). The summed E-state index contributed by atoms with van der Waals surface area (Å²) >= 11 is 0. The van der Waals surface area contributed by atoms with Crippen molar-refractivity contribution in [2.24, 2.45) is 0 Å². The van der Waals surface area contributed by atoms with E-state index in [0.717, 1.165) is 50.4 Å². The van der Waals surface area contributed by atoms with Gasteiger partial charge in [0.2, 0.25) is 0 Å². The van der Waals surface area contributed by atoms with Crippen molar-refractivity contribution < 1.29 is 0 Å². The van der Waals surface area contributed by atoms with Gasteiger partial charge in [-0.1, -0.05) is 48.5 Å². The van der Waals surface area contributed by atoms with Gasteiger partial charge in [0.05, 0.1) is 5.69 Å². The van der Waals surface area contributed by atoms with Crippen LogP contribution in [0.15, 0.2) is 60.7 Å². The average molecular weight is 424 g/mol. The summed E-state index contributed by atoms with van der Waals surface area (Å²) in [4.78, 5) is 10.2. The highest BCUT2D eigenvalue weighted by Crippen LogP contribution is 2.36. The summed E-state index contributed by atoms with van der Waals surface area (Å²) in [7, 11) is 0. The predicted molar refractivity (Wildman–Crippen MR) is 131 cm³/mol. The van der Waals surface area contributed by atoms with Crippen molar-refractivity contribution in [3.63, 3.8) is 0 Å². The first-order chi connectivity index (χ1) is 15.8. The van der Waals surface area contributed by atoms with Crippen LogP contribution < -0.4 is 9.80 Å². The van der Waals surface area contributed by atoms with Gasteiger partial charge in [-0.05, 0) is 50.3 Å². The molecule has 5 nitrogen and oxygen atoms in total. The topological polar surface area (TPSA) is 36.7 Å². The van der Waals surface area contributed by atoms with Crippen LogP contribution in [-0.2, 0) is 12.8 Å². The Morgan fingerprint density at radius 1 is 0.750 bits per heavy atom. The number of fused-ring (bicyclic) bond motifs is 2. The minimum atomic E-state index is 1.00. The Morgan fingerprint density at radius 2 is 1.41 bits per heavy atom. The lowest BCUT2D eigenvalue weighted by molar-refractivity contribution is 0.614. The van der Waals surface area contributed by atoms with Crippen LogP contribution in [0.2, 0.25) is 0 Å². The van der Waals surface area contributed by atoms with Gasteiger partial charge in [-0.15, -0.1) is 0 Å². The van der Waals surface area contributed by atoms with Crippen molar-refractivity contribution in [2.45, 2.75) is 32.6 Å². The average Bonchev–Trinajstić information content (AvgIpc) is 3.19. The molecule has 1 aliphatic heterocycles. The summed E-state index contributed by atoms with van der Waals surface area (Å²) < 4.78 is 2.15. The molecule has 0 saturated carbocycles. The maximum atomic E-state index is 5.19. The monoisotopic (exact) mass is 423 g/mol. The van der Waals surface area contributed by atoms with Crippen LogP contribution in [0.3, 0.4) is 0 Å². The lowest BCUT2D eigenvalue weighted by Crippen LogP contribution is -2.47. The second-order valence-electron chi connectivity index (χ2n) is 8.94. The van der Waals surface area contributed by atoms with E-state index in [1.54, 1.807) is 0 Å². The molecule has 0 unspecified atom stereocenters. The molecule has 1 fully saturated rings. The molecule has 0 amide bonds. The van der Waals surface area contributed by atoms with Crippen molar-refractivity contribution in [1.29, 1.82) is 0 Å². The molecule has 2 aromatic heterocycles. The van der Waals surface area contributed by atoms with E-state index in [-0.39, 0.29) is 0 Å². The molecule has 0 bridgehead atoms. The summed E-state index contributed by atoms with van der Waals surface area (Å²) in [6, 6.07) is 21.4. The normalized spacial score (nSPS) is 16.4. The highest BCUT2D eigenvalue weighted by atomic mass is 15.4. The molecule has 0 atom stereocenters. The van der Waals surface area contributed by atoms with E-state index >= 15 is 0 Å². The van der Waals surface area contributed by atoms with Gasteiger partial charge in [0.15, 0.2) is 5.65 Å². The number of benzene rings is 2. The van der Waals surface area contributed by atoms with Crippen LogP contribution in [0, 0.1) is 6.92 Å². The number of aryl methyl sites for hydroxylation is 2. The summed E-state index contributed by atoms with van der Waals surface area (Å²) in [6.45, 7) is 6.16. The molecule has 0 spiro atoms. The van der Waals surface area contributed by atoms with E-state index in [9.17, 15) is 0 Å². The maximum absolute atomic E-state index is 5.19. The highest BCUT2D eigenvalue weighted by Gasteiger charge is 2.28. The minimum Gasteiger partial charge on any atom is -0.368 e. The number of piperazine rings is 1. The fraction of sp³-hybridized carbons (Fsp3) is 0.333. The summed E-state index contributed by atoms with van der Waals surface area (Å²) in [6.07, 6.45) is 4.64. The van der Waals surface area contributed by atoms with E-state index in [1.165, 1.54) is 46.7 Å². The Morgan fingerprint density at radius 3 is 2.16 bits per heavy atom. The first kappa shape index (κ1) is 19.4. The first-order valence-corrected chi connectivity index (χ1v) is 11.8. The zero-order valence-corrected chi connectivity index (χ0v) is 18.7. The van der Waals surface area contributed by atoms with Crippen molar-refractivity contribution in [3.05, 3.63) is 77.6 Å². The molecule has 1 aliphatic carbocycles. The maximum Gasteiger partial charge on any atom is 0.165 e. The largest absolute Gasteiger partial charge is 0.368 e. The molecular formula is C27H29N5. The molecular weight excluding hydrogens is 394 g/mol. The molecule has 0 N–H and O–H groups in total. The molecule has 1 saturated heterocycles. The van der Waals surface area contributed by atoms with Crippen molar-refractivity contribution in [3.8, 4) is 11.1 Å². The summed E-state index contributed by atoms with van der Waals surface area (Å²) in [5.74, 6) is 1.28. The number of nitrogens with zero attached hydrogens (tertiary/aromatic N) is 5. The molecule has 3 heterocycles. The molecule has 0 radical (unpaired) electrons. The van der Waals surface area contributed by atoms with Gasteiger partial charge in [0.25, 0.3) is 0 Å². The molecule has 162 valence electrons. The zero-order valence-electron chi connectivity index (χ0n) is 18.7. The molecule has 32 heavy (non-hydrogen) atoms.